The summed E-state index contributed by atoms with van der Waals surface area (Å²) in [5, 5.41) is 0. The number of hydrogen-bond acceptors (Lipinski definition) is 2. The number of nitrogens with zero attached hydrogens (tertiary/aromatic N) is 2. The Morgan fingerprint density at radius 3 is 2.48 bits per heavy atom. The van der Waals surface area contributed by atoms with E-state index in [1.54, 1.807) is 30.1 Å². The Bertz CT molecular complexity index is 778. The maximum atomic E-state index is 14.0. The summed E-state index contributed by atoms with van der Waals surface area (Å²) in [6.07, 6.45) is 0.110. The van der Waals surface area contributed by atoms with Gasteiger partial charge in [0.25, 0.3) is 0 Å². The Morgan fingerprint density at radius 2 is 1.80 bits per heavy atom. The summed E-state index contributed by atoms with van der Waals surface area (Å²) in [5.41, 5.74) is 1.27. The molecule has 0 aliphatic carbocycles. The highest BCUT2D eigenvalue weighted by Gasteiger charge is 2.38. The molecular formula is C20H21FN2O2. The van der Waals surface area contributed by atoms with Gasteiger partial charge in [-0.3, -0.25) is 9.59 Å². The summed E-state index contributed by atoms with van der Waals surface area (Å²) in [6, 6.07) is 15.8. The molecule has 25 heavy (non-hydrogen) atoms. The molecule has 1 heterocycles. The maximum absolute atomic E-state index is 14.0. The van der Waals surface area contributed by atoms with Gasteiger partial charge in [-0.15, -0.1) is 0 Å². The number of hydrogen-bond donors (Lipinski definition) is 0. The molecule has 1 saturated heterocycles. The lowest BCUT2D eigenvalue weighted by Gasteiger charge is -2.28. The fourth-order valence-electron chi connectivity index (χ4n) is 3.21. The Morgan fingerprint density at radius 1 is 1.16 bits per heavy atom. The Hall–Kier alpha value is -2.69. The number of amides is 2. The highest BCUT2D eigenvalue weighted by atomic mass is 19.1. The van der Waals surface area contributed by atoms with Gasteiger partial charge in [0.15, 0.2) is 0 Å². The highest BCUT2D eigenvalue weighted by molar-refractivity contribution is 6.00. The summed E-state index contributed by atoms with van der Waals surface area (Å²) in [6.45, 7) is 2.17. The number of benzene rings is 2. The molecule has 1 aliphatic heterocycles. The topological polar surface area (TPSA) is 40.6 Å². The number of anilines is 1. The molecule has 2 aromatic rings. The third-order valence-corrected chi connectivity index (χ3v) is 4.83. The predicted molar refractivity (Wildman–Crippen MR) is 94.5 cm³/mol. The zero-order valence-electron chi connectivity index (χ0n) is 14.4. The highest BCUT2D eigenvalue weighted by Crippen LogP contribution is 2.29. The van der Waals surface area contributed by atoms with Crippen LogP contribution in [0.3, 0.4) is 0 Å². The molecule has 0 N–H and O–H groups in total. The van der Waals surface area contributed by atoms with Gasteiger partial charge in [0, 0.05) is 20.0 Å². The molecule has 2 aromatic carbocycles. The maximum Gasteiger partial charge on any atom is 0.228 e. The molecule has 2 atom stereocenters. The van der Waals surface area contributed by atoms with E-state index < -0.39 is 11.7 Å². The molecule has 1 fully saturated rings. The van der Waals surface area contributed by atoms with E-state index in [4.69, 9.17) is 0 Å². The van der Waals surface area contributed by atoms with Crippen LogP contribution in [-0.4, -0.2) is 30.3 Å². The molecule has 0 unspecified atom stereocenters. The minimum atomic E-state index is -0.455. The third kappa shape index (κ3) is 3.40. The molecule has 2 amide bonds. The molecule has 130 valence electrons. The second kappa shape index (κ2) is 7.05. The number of carbonyl (C=O) groups excluding carboxylic acids is 2. The first-order chi connectivity index (χ1) is 12.0. The lowest BCUT2D eigenvalue weighted by atomic mass is 10.0. The zero-order valence-corrected chi connectivity index (χ0v) is 14.4. The number of halogens is 1. The van der Waals surface area contributed by atoms with Crippen molar-refractivity contribution in [1.82, 2.24) is 4.90 Å². The summed E-state index contributed by atoms with van der Waals surface area (Å²) >= 11 is 0. The van der Waals surface area contributed by atoms with Crippen LogP contribution in [0.4, 0.5) is 10.1 Å². The first kappa shape index (κ1) is 17.1. The molecule has 0 bridgehead atoms. The van der Waals surface area contributed by atoms with Crippen molar-refractivity contribution >= 4 is 17.5 Å². The Balaban J connectivity index is 1.73. The van der Waals surface area contributed by atoms with E-state index >= 15 is 0 Å². The van der Waals surface area contributed by atoms with Crippen molar-refractivity contribution in [3.8, 4) is 0 Å². The van der Waals surface area contributed by atoms with Gasteiger partial charge in [-0.25, -0.2) is 4.39 Å². The van der Waals surface area contributed by atoms with E-state index in [1.807, 2.05) is 37.3 Å². The van der Waals surface area contributed by atoms with Gasteiger partial charge < -0.3 is 9.80 Å². The standard InChI is InChI=1S/C20H21FN2O2/c1-14(15-8-4-3-5-9-15)22(2)20(25)16-12-19(24)23(13-16)18-11-7-6-10-17(18)21/h3-11,14,16H,12-13H2,1-2H3/t14-,16+/m1/s1. The molecule has 4 nitrogen and oxygen atoms in total. The smallest absolute Gasteiger partial charge is 0.228 e. The monoisotopic (exact) mass is 340 g/mol. The van der Waals surface area contributed by atoms with Crippen molar-refractivity contribution in [1.29, 1.82) is 0 Å². The quantitative estimate of drug-likeness (QED) is 0.856. The molecule has 0 aromatic heterocycles. The normalized spacial score (nSPS) is 18.3. The van der Waals surface area contributed by atoms with Gasteiger partial charge in [-0.05, 0) is 24.6 Å². The van der Waals surface area contributed by atoms with E-state index in [0.29, 0.717) is 0 Å². The lowest BCUT2D eigenvalue weighted by Crippen LogP contribution is -2.36. The van der Waals surface area contributed by atoms with Crippen LogP contribution < -0.4 is 4.90 Å². The number of rotatable bonds is 4. The molecule has 1 aliphatic rings. The largest absolute Gasteiger partial charge is 0.339 e. The van der Waals surface area contributed by atoms with Crippen LogP contribution in [0.2, 0.25) is 0 Å². The van der Waals surface area contributed by atoms with Crippen LogP contribution in [-0.2, 0) is 9.59 Å². The summed E-state index contributed by atoms with van der Waals surface area (Å²) in [4.78, 5) is 28.2. The fourth-order valence-corrected chi connectivity index (χ4v) is 3.21. The van der Waals surface area contributed by atoms with Crippen LogP contribution >= 0.6 is 0 Å². The minimum absolute atomic E-state index is 0.0914. The first-order valence-electron chi connectivity index (χ1n) is 8.35. The SMILES string of the molecule is C[C@H](c1ccccc1)N(C)C(=O)[C@H]1CC(=O)N(c2ccccc2F)C1. The zero-order chi connectivity index (χ0) is 18.0. The van der Waals surface area contributed by atoms with Gasteiger partial charge >= 0.3 is 0 Å². The van der Waals surface area contributed by atoms with Crippen LogP contribution in [0.1, 0.15) is 24.9 Å². The van der Waals surface area contributed by atoms with E-state index in [0.717, 1.165) is 5.56 Å². The second-order valence-corrected chi connectivity index (χ2v) is 6.39. The Kier molecular flexibility index (Phi) is 4.83. The van der Waals surface area contributed by atoms with Crippen LogP contribution in [0, 0.1) is 11.7 Å². The fraction of sp³-hybridized carbons (Fsp3) is 0.300. The average molecular weight is 340 g/mol. The number of carbonyl (C=O) groups is 2. The van der Waals surface area contributed by atoms with Crippen molar-refractivity contribution in [2.45, 2.75) is 19.4 Å². The summed E-state index contributed by atoms with van der Waals surface area (Å²) < 4.78 is 14.0. The van der Waals surface area contributed by atoms with Crippen LogP contribution in [0.25, 0.3) is 0 Å². The van der Waals surface area contributed by atoms with E-state index in [9.17, 15) is 14.0 Å². The van der Waals surface area contributed by atoms with Crippen molar-refractivity contribution < 1.29 is 14.0 Å². The van der Waals surface area contributed by atoms with Gasteiger partial charge in [0.1, 0.15) is 5.82 Å². The number of para-hydroxylation sites is 1. The van der Waals surface area contributed by atoms with E-state index in [2.05, 4.69) is 0 Å². The van der Waals surface area contributed by atoms with E-state index in [-0.39, 0.29) is 36.5 Å². The summed E-state index contributed by atoms with van der Waals surface area (Å²) in [7, 11) is 1.75. The lowest BCUT2D eigenvalue weighted by molar-refractivity contribution is -0.136. The molecule has 0 saturated carbocycles. The predicted octanol–water partition coefficient (Wildman–Crippen LogP) is 3.40. The molecule has 3 rings (SSSR count). The van der Waals surface area contributed by atoms with Crippen molar-refractivity contribution in [2.24, 2.45) is 5.92 Å². The van der Waals surface area contributed by atoms with E-state index in [1.165, 1.54) is 11.0 Å². The van der Waals surface area contributed by atoms with Gasteiger partial charge in [0.05, 0.1) is 17.6 Å². The summed E-state index contributed by atoms with van der Waals surface area (Å²) in [5.74, 6) is -1.22. The van der Waals surface area contributed by atoms with Crippen molar-refractivity contribution in [2.75, 3.05) is 18.5 Å². The first-order valence-corrected chi connectivity index (χ1v) is 8.35. The van der Waals surface area contributed by atoms with Crippen LogP contribution in [0.5, 0.6) is 0 Å². The second-order valence-electron chi connectivity index (χ2n) is 6.39. The van der Waals surface area contributed by atoms with Crippen molar-refractivity contribution in [3.05, 3.63) is 66.0 Å². The molecule has 5 heteroatoms. The molecule has 0 spiro atoms. The average Bonchev–Trinajstić information content (AvgIpc) is 3.02. The minimum Gasteiger partial charge on any atom is -0.339 e. The molecule has 0 radical (unpaired) electrons. The van der Waals surface area contributed by atoms with Crippen molar-refractivity contribution in [3.63, 3.8) is 0 Å². The van der Waals surface area contributed by atoms with Crippen LogP contribution in [0.15, 0.2) is 54.6 Å². The van der Waals surface area contributed by atoms with Gasteiger partial charge in [-0.1, -0.05) is 42.5 Å². The molecular weight excluding hydrogens is 319 g/mol. The van der Waals surface area contributed by atoms with Gasteiger partial charge in [0.2, 0.25) is 11.8 Å². The van der Waals surface area contributed by atoms with Gasteiger partial charge in [-0.2, -0.15) is 0 Å². The Labute approximate surface area is 146 Å². The third-order valence-electron chi connectivity index (χ3n) is 4.83.